The molecule has 1 aromatic heterocycles. The monoisotopic (exact) mass is 262 g/mol. The molecule has 0 fully saturated rings. The van der Waals surface area contributed by atoms with E-state index in [9.17, 15) is 4.79 Å². The van der Waals surface area contributed by atoms with Crippen molar-refractivity contribution >= 4 is 23.2 Å². The molecule has 3 rings (SSSR count). The molecule has 18 heavy (non-hydrogen) atoms. The standard InChI is InChI=1S/C12H11ClN4O/c13-7-2-1-3-8(4-7)15-12-16-10-6-14-5-9(10)11(18)17-12/h1-4,14H,5-6H2,(H2,15,16,17,18). The Labute approximate surface area is 108 Å². The zero-order chi connectivity index (χ0) is 12.5. The Morgan fingerprint density at radius 2 is 2.22 bits per heavy atom. The highest BCUT2D eigenvalue weighted by atomic mass is 35.5. The second-order valence-corrected chi connectivity index (χ2v) is 4.52. The van der Waals surface area contributed by atoms with E-state index < -0.39 is 0 Å². The van der Waals surface area contributed by atoms with Gasteiger partial charge in [0, 0.05) is 23.8 Å². The second kappa shape index (κ2) is 4.44. The molecule has 0 spiro atoms. The van der Waals surface area contributed by atoms with Gasteiger partial charge < -0.3 is 10.6 Å². The van der Waals surface area contributed by atoms with Crippen LogP contribution in [0.3, 0.4) is 0 Å². The largest absolute Gasteiger partial charge is 0.326 e. The molecule has 1 aliphatic rings. The molecular formula is C12H11ClN4O. The molecule has 0 atom stereocenters. The van der Waals surface area contributed by atoms with Gasteiger partial charge in [0.15, 0.2) is 0 Å². The van der Waals surface area contributed by atoms with E-state index >= 15 is 0 Å². The number of halogens is 1. The molecule has 2 heterocycles. The van der Waals surface area contributed by atoms with Crippen molar-refractivity contribution in [2.24, 2.45) is 0 Å². The topological polar surface area (TPSA) is 69.8 Å². The van der Waals surface area contributed by atoms with Gasteiger partial charge in [-0.15, -0.1) is 0 Å². The van der Waals surface area contributed by atoms with Gasteiger partial charge in [0.1, 0.15) is 0 Å². The molecule has 5 nitrogen and oxygen atoms in total. The van der Waals surface area contributed by atoms with Crippen LogP contribution in [-0.2, 0) is 13.1 Å². The van der Waals surface area contributed by atoms with Gasteiger partial charge in [0.05, 0.1) is 11.3 Å². The summed E-state index contributed by atoms with van der Waals surface area (Å²) in [6.07, 6.45) is 0. The van der Waals surface area contributed by atoms with Gasteiger partial charge in [-0.3, -0.25) is 9.78 Å². The van der Waals surface area contributed by atoms with Gasteiger partial charge in [-0.2, -0.15) is 0 Å². The molecule has 2 aromatic rings. The summed E-state index contributed by atoms with van der Waals surface area (Å²) in [5.74, 6) is 0.435. The quantitative estimate of drug-likeness (QED) is 0.772. The molecule has 0 aliphatic carbocycles. The maximum absolute atomic E-state index is 11.8. The van der Waals surface area contributed by atoms with E-state index in [0.717, 1.165) is 11.4 Å². The van der Waals surface area contributed by atoms with E-state index in [4.69, 9.17) is 11.6 Å². The van der Waals surface area contributed by atoms with Crippen molar-refractivity contribution in [1.29, 1.82) is 0 Å². The third-order valence-corrected chi connectivity index (χ3v) is 3.02. The molecule has 0 saturated heterocycles. The van der Waals surface area contributed by atoms with Crippen LogP contribution in [0.1, 0.15) is 11.3 Å². The van der Waals surface area contributed by atoms with Crippen LogP contribution < -0.4 is 16.2 Å². The van der Waals surface area contributed by atoms with Crippen molar-refractivity contribution in [2.75, 3.05) is 5.32 Å². The average Bonchev–Trinajstić information content (AvgIpc) is 2.77. The fraction of sp³-hybridized carbons (Fsp3) is 0.167. The van der Waals surface area contributed by atoms with Crippen molar-refractivity contribution in [3.8, 4) is 0 Å². The average molecular weight is 263 g/mol. The molecule has 0 radical (unpaired) electrons. The van der Waals surface area contributed by atoms with E-state index in [1.165, 1.54) is 0 Å². The van der Waals surface area contributed by atoms with Gasteiger partial charge >= 0.3 is 0 Å². The minimum absolute atomic E-state index is 0.102. The maximum Gasteiger partial charge on any atom is 0.257 e. The third-order valence-electron chi connectivity index (χ3n) is 2.78. The summed E-state index contributed by atoms with van der Waals surface area (Å²) < 4.78 is 0. The number of rotatable bonds is 2. The van der Waals surface area contributed by atoms with Crippen LogP contribution in [0.5, 0.6) is 0 Å². The van der Waals surface area contributed by atoms with Crippen molar-refractivity contribution in [2.45, 2.75) is 13.1 Å². The first-order valence-electron chi connectivity index (χ1n) is 5.58. The summed E-state index contributed by atoms with van der Waals surface area (Å²) in [5, 5.41) is 6.76. The normalized spacial score (nSPS) is 13.4. The predicted molar refractivity (Wildman–Crippen MR) is 70.1 cm³/mol. The summed E-state index contributed by atoms with van der Waals surface area (Å²) in [6, 6.07) is 7.25. The predicted octanol–water partition coefficient (Wildman–Crippen LogP) is 1.77. The zero-order valence-electron chi connectivity index (χ0n) is 9.46. The van der Waals surface area contributed by atoms with Crippen LogP contribution in [0, 0.1) is 0 Å². The van der Waals surface area contributed by atoms with Gasteiger partial charge in [0.25, 0.3) is 5.56 Å². The number of nitrogens with zero attached hydrogens (tertiary/aromatic N) is 1. The molecule has 1 aromatic carbocycles. The number of anilines is 2. The fourth-order valence-corrected chi connectivity index (χ4v) is 2.13. The lowest BCUT2D eigenvalue weighted by molar-refractivity contribution is 0.757. The molecule has 0 amide bonds. The summed E-state index contributed by atoms with van der Waals surface area (Å²) in [6.45, 7) is 1.21. The minimum atomic E-state index is -0.102. The first-order chi connectivity index (χ1) is 8.72. The zero-order valence-corrected chi connectivity index (χ0v) is 10.2. The van der Waals surface area contributed by atoms with Crippen molar-refractivity contribution in [3.63, 3.8) is 0 Å². The molecule has 6 heteroatoms. The number of aromatic nitrogens is 2. The van der Waals surface area contributed by atoms with Gasteiger partial charge in [-0.05, 0) is 18.2 Å². The lowest BCUT2D eigenvalue weighted by atomic mass is 10.3. The Morgan fingerprint density at radius 3 is 3.06 bits per heavy atom. The summed E-state index contributed by atoms with van der Waals surface area (Å²) in [4.78, 5) is 18.9. The van der Waals surface area contributed by atoms with E-state index in [-0.39, 0.29) is 5.56 Å². The number of aromatic amines is 1. The Kier molecular flexibility index (Phi) is 2.77. The molecule has 92 valence electrons. The van der Waals surface area contributed by atoms with E-state index in [1.54, 1.807) is 12.1 Å². The number of fused-ring (bicyclic) bond motifs is 1. The van der Waals surface area contributed by atoms with E-state index in [2.05, 4.69) is 20.6 Å². The van der Waals surface area contributed by atoms with Crippen LogP contribution in [0.2, 0.25) is 5.02 Å². The number of hydrogen-bond acceptors (Lipinski definition) is 4. The highest BCUT2D eigenvalue weighted by Gasteiger charge is 2.16. The smallest absolute Gasteiger partial charge is 0.257 e. The maximum atomic E-state index is 11.8. The van der Waals surface area contributed by atoms with E-state index in [1.807, 2.05) is 12.1 Å². The number of nitrogens with one attached hydrogen (secondary N) is 3. The third kappa shape index (κ3) is 2.10. The Bertz CT molecular complexity index is 653. The molecule has 0 bridgehead atoms. The van der Waals surface area contributed by atoms with Crippen LogP contribution in [0.25, 0.3) is 0 Å². The number of hydrogen-bond donors (Lipinski definition) is 3. The van der Waals surface area contributed by atoms with Crippen LogP contribution in [-0.4, -0.2) is 9.97 Å². The molecular weight excluding hydrogens is 252 g/mol. The van der Waals surface area contributed by atoms with Crippen LogP contribution in [0.15, 0.2) is 29.1 Å². The second-order valence-electron chi connectivity index (χ2n) is 4.08. The molecule has 0 saturated carbocycles. The highest BCUT2D eigenvalue weighted by Crippen LogP contribution is 2.18. The Hall–Kier alpha value is -1.85. The highest BCUT2D eigenvalue weighted by molar-refractivity contribution is 6.30. The number of H-pyrrole nitrogens is 1. The first-order valence-corrected chi connectivity index (χ1v) is 5.95. The summed E-state index contributed by atoms with van der Waals surface area (Å²) >= 11 is 5.89. The summed E-state index contributed by atoms with van der Waals surface area (Å²) in [5.41, 5.74) is 2.20. The van der Waals surface area contributed by atoms with Gasteiger partial charge in [0.2, 0.25) is 5.95 Å². The summed E-state index contributed by atoms with van der Waals surface area (Å²) in [7, 11) is 0. The minimum Gasteiger partial charge on any atom is -0.326 e. The lowest BCUT2D eigenvalue weighted by Crippen LogP contribution is -2.16. The van der Waals surface area contributed by atoms with Crippen LogP contribution >= 0.6 is 11.6 Å². The number of benzene rings is 1. The van der Waals surface area contributed by atoms with Crippen molar-refractivity contribution in [1.82, 2.24) is 15.3 Å². The van der Waals surface area contributed by atoms with Crippen molar-refractivity contribution in [3.05, 3.63) is 50.9 Å². The Morgan fingerprint density at radius 1 is 1.33 bits per heavy atom. The first kappa shape index (κ1) is 11.3. The molecule has 0 unspecified atom stereocenters. The SMILES string of the molecule is O=c1[nH]c(Nc2cccc(Cl)c2)nc2c1CNC2. The Balaban J connectivity index is 1.94. The van der Waals surface area contributed by atoms with Crippen molar-refractivity contribution < 1.29 is 0 Å². The lowest BCUT2D eigenvalue weighted by Gasteiger charge is -2.06. The molecule has 3 N–H and O–H groups in total. The van der Waals surface area contributed by atoms with Gasteiger partial charge in [-0.25, -0.2) is 4.98 Å². The molecule has 1 aliphatic heterocycles. The van der Waals surface area contributed by atoms with Gasteiger partial charge in [-0.1, -0.05) is 17.7 Å². The van der Waals surface area contributed by atoms with Crippen LogP contribution in [0.4, 0.5) is 11.6 Å². The van der Waals surface area contributed by atoms with E-state index in [0.29, 0.717) is 29.6 Å². The fourth-order valence-electron chi connectivity index (χ4n) is 1.94.